The van der Waals surface area contributed by atoms with Crippen molar-refractivity contribution in [1.29, 1.82) is 0 Å². The monoisotopic (exact) mass is 347 g/mol. The van der Waals surface area contributed by atoms with Gasteiger partial charge in [-0.05, 0) is 18.9 Å². The van der Waals surface area contributed by atoms with Crippen LogP contribution in [0.1, 0.15) is 47.9 Å². The van der Waals surface area contributed by atoms with E-state index in [9.17, 15) is 4.79 Å². The second-order valence-electron chi connectivity index (χ2n) is 6.54. The lowest BCUT2D eigenvalue weighted by atomic mass is 10.00. The van der Waals surface area contributed by atoms with E-state index in [0.29, 0.717) is 28.9 Å². The normalized spacial score (nSPS) is 16.6. The molecule has 24 heavy (non-hydrogen) atoms. The number of hydrogen-bond acceptors (Lipinski definition) is 3. The van der Waals surface area contributed by atoms with Gasteiger partial charge < -0.3 is 10.1 Å². The number of benzene rings is 1. The lowest BCUT2D eigenvalue weighted by molar-refractivity contribution is 0.0924. The van der Waals surface area contributed by atoms with Gasteiger partial charge in [0.1, 0.15) is 5.75 Å². The minimum Gasteiger partial charge on any atom is -0.492 e. The third kappa shape index (κ3) is 3.26. The molecule has 2 heterocycles. The molecule has 1 N–H and O–H groups in total. The number of carbonyl (C=O) groups is 1. The number of ether oxygens (including phenoxy) is 1. The Balaban J connectivity index is 1.80. The zero-order valence-electron chi connectivity index (χ0n) is 14.2. The second-order valence-corrected chi connectivity index (χ2v) is 6.95. The summed E-state index contributed by atoms with van der Waals surface area (Å²) >= 11 is 6.19. The predicted molar refractivity (Wildman–Crippen MR) is 93.6 cm³/mol. The van der Waals surface area contributed by atoms with Gasteiger partial charge in [-0.3, -0.25) is 9.48 Å². The summed E-state index contributed by atoms with van der Waals surface area (Å²) in [6, 6.07) is 5.51. The molecule has 0 spiro atoms. The van der Waals surface area contributed by atoms with Crippen LogP contribution in [-0.4, -0.2) is 22.3 Å². The summed E-state index contributed by atoms with van der Waals surface area (Å²) in [6.07, 6.45) is 2.36. The molecule has 0 bridgehead atoms. The van der Waals surface area contributed by atoms with Crippen molar-refractivity contribution in [2.45, 2.75) is 39.8 Å². The summed E-state index contributed by atoms with van der Waals surface area (Å²) in [5, 5.41) is 8.01. The zero-order valence-corrected chi connectivity index (χ0v) is 14.9. The molecule has 5 nitrogen and oxygen atoms in total. The molecular formula is C18H22ClN3O2. The van der Waals surface area contributed by atoms with E-state index >= 15 is 0 Å². The van der Waals surface area contributed by atoms with Crippen molar-refractivity contribution in [2.75, 3.05) is 6.61 Å². The summed E-state index contributed by atoms with van der Waals surface area (Å²) in [5.74, 6) is 1.03. The van der Waals surface area contributed by atoms with Gasteiger partial charge in [0, 0.05) is 24.2 Å². The van der Waals surface area contributed by atoms with Crippen LogP contribution in [0, 0.1) is 12.8 Å². The first kappa shape index (κ1) is 16.8. The van der Waals surface area contributed by atoms with E-state index in [4.69, 9.17) is 16.3 Å². The average molecular weight is 348 g/mol. The van der Waals surface area contributed by atoms with Gasteiger partial charge in [-0.25, -0.2) is 0 Å². The molecule has 0 radical (unpaired) electrons. The fraction of sp³-hybridized carbons (Fsp3) is 0.444. The predicted octanol–water partition coefficient (Wildman–Crippen LogP) is 3.75. The van der Waals surface area contributed by atoms with Crippen molar-refractivity contribution < 1.29 is 9.53 Å². The second kappa shape index (κ2) is 6.85. The quantitative estimate of drug-likeness (QED) is 0.916. The summed E-state index contributed by atoms with van der Waals surface area (Å²) in [6.45, 7) is 7.52. The largest absolute Gasteiger partial charge is 0.492 e. The molecule has 1 aliphatic rings. The van der Waals surface area contributed by atoms with Crippen LogP contribution < -0.4 is 10.1 Å². The van der Waals surface area contributed by atoms with Gasteiger partial charge in [-0.15, -0.1) is 0 Å². The van der Waals surface area contributed by atoms with Crippen LogP contribution in [0.2, 0.25) is 5.02 Å². The van der Waals surface area contributed by atoms with Gasteiger partial charge in [0.15, 0.2) is 0 Å². The number of halogens is 1. The van der Waals surface area contributed by atoms with Gasteiger partial charge in [0.25, 0.3) is 5.91 Å². The minimum atomic E-state index is -0.111. The molecule has 2 aromatic rings. The third-order valence-corrected chi connectivity index (χ3v) is 4.51. The van der Waals surface area contributed by atoms with Crippen LogP contribution >= 0.6 is 11.6 Å². The molecule has 1 aliphatic heterocycles. The fourth-order valence-corrected chi connectivity index (χ4v) is 3.21. The Kier molecular flexibility index (Phi) is 4.81. The van der Waals surface area contributed by atoms with Gasteiger partial charge in [0.05, 0.1) is 29.4 Å². The average Bonchev–Trinajstić information content (AvgIpc) is 2.89. The number of aromatic nitrogens is 2. The first-order valence-corrected chi connectivity index (χ1v) is 8.59. The molecule has 0 unspecified atom stereocenters. The number of carbonyl (C=O) groups excluding carboxylic acids is 1. The van der Waals surface area contributed by atoms with Crippen molar-refractivity contribution in [2.24, 2.45) is 5.92 Å². The summed E-state index contributed by atoms with van der Waals surface area (Å²) in [7, 11) is 0. The lowest BCUT2D eigenvalue weighted by Crippen LogP contribution is -2.32. The number of amides is 1. The number of fused-ring (bicyclic) bond motifs is 1. The van der Waals surface area contributed by atoms with Gasteiger partial charge in [0.2, 0.25) is 0 Å². The number of nitrogens with one attached hydrogen (secondary N) is 1. The van der Waals surface area contributed by atoms with Crippen LogP contribution in [0.25, 0.3) is 0 Å². The number of nitrogens with zero attached hydrogens (tertiary/aromatic N) is 2. The van der Waals surface area contributed by atoms with E-state index in [1.807, 2.05) is 23.7 Å². The van der Waals surface area contributed by atoms with Crippen LogP contribution in [0.3, 0.4) is 0 Å². The molecular weight excluding hydrogens is 326 g/mol. The highest BCUT2D eigenvalue weighted by Gasteiger charge is 2.26. The number of rotatable bonds is 4. The molecule has 6 heteroatoms. The third-order valence-electron chi connectivity index (χ3n) is 4.22. The molecule has 128 valence electrons. The highest BCUT2D eigenvalue weighted by atomic mass is 35.5. The standard InChI is InChI=1S/C18H22ClN3O2/c1-11(2)10-22-12(3)14(9-20-22)18(23)21-16-7-8-24-17-13(16)5-4-6-15(17)19/h4-6,9,11,16H,7-8,10H2,1-3H3,(H,21,23)/t16-/m1/s1. The summed E-state index contributed by atoms with van der Waals surface area (Å²) < 4.78 is 7.53. The molecule has 0 saturated heterocycles. The van der Waals surface area contributed by atoms with Crippen LogP contribution in [0.4, 0.5) is 0 Å². The fourth-order valence-electron chi connectivity index (χ4n) is 2.97. The molecule has 0 fully saturated rings. The molecule has 1 aromatic carbocycles. The van der Waals surface area contributed by atoms with Gasteiger partial charge in [-0.2, -0.15) is 5.10 Å². The maximum absolute atomic E-state index is 12.7. The first-order chi connectivity index (χ1) is 11.5. The Morgan fingerprint density at radius 1 is 1.50 bits per heavy atom. The molecule has 3 rings (SSSR count). The summed E-state index contributed by atoms with van der Waals surface area (Å²) in [4.78, 5) is 12.7. The Bertz CT molecular complexity index is 755. The van der Waals surface area contributed by atoms with Gasteiger partial charge >= 0.3 is 0 Å². The SMILES string of the molecule is Cc1c(C(=O)N[C@@H]2CCOc3c(Cl)cccc32)cnn1CC(C)C. The van der Waals surface area contributed by atoms with Gasteiger partial charge in [-0.1, -0.05) is 37.6 Å². The van der Waals surface area contributed by atoms with Crippen LogP contribution in [-0.2, 0) is 6.54 Å². The van der Waals surface area contributed by atoms with Crippen molar-refractivity contribution in [3.05, 3.63) is 46.2 Å². The van der Waals surface area contributed by atoms with Crippen molar-refractivity contribution in [3.8, 4) is 5.75 Å². The molecule has 0 saturated carbocycles. The molecule has 1 amide bonds. The smallest absolute Gasteiger partial charge is 0.255 e. The Morgan fingerprint density at radius 2 is 2.29 bits per heavy atom. The molecule has 0 aliphatic carbocycles. The zero-order chi connectivity index (χ0) is 17.3. The number of para-hydroxylation sites is 1. The molecule has 1 atom stereocenters. The van der Waals surface area contributed by atoms with E-state index in [1.54, 1.807) is 12.3 Å². The maximum Gasteiger partial charge on any atom is 0.255 e. The highest BCUT2D eigenvalue weighted by Crippen LogP contribution is 2.37. The van der Waals surface area contributed by atoms with E-state index in [1.165, 1.54) is 0 Å². The van der Waals surface area contributed by atoms with Crippen molar-refractivity contribution in [1.82, 2.24) is 15.1 Å². The summed E-state index contributed by atoms with van der Waals surface area (Å²) in [5.41, 5.74) is 2.43. The van der Waals surface area contributed by atoms with Crippen LogP contribution in [0.15, 0.2) is 24.4 Å². The van der Waals surface area contributed by atoms with Crippen molar-refractivity contribution >= 4 is 17.5 Å². The topological polar surface area (TPSA) is 56.1 Å². The van der Waals surface area contributed by atoms with Crippen LogP contribution in [0.5, 0.6) is 5.75 Å². The van der Waals surface area contributed by atoms with E-state index < -0.39 is 0 Å². The van der Waals surface area contributed by atoms with E-state index in [0.717, 1.165) is 24.2 Å². The maximum atomic E-state index is 12.7. The lowest BCUT2D eigenvalue weighted by Gasteiger charge is -2.27. The van der Waals surface area contributed by atoms with E-state index in [2.05, 4.69) is 24.3 Å². The Labute approximate surface area is 147 Å². The highest BCUT2D eigenvalue weighted by molar-refractivity contribution is 6.32. The number of hydrogen-bond donors (Lipinski definition) is 1. The Morgan fingerprint density at radius 3 is 3.04 bits per heavy atom. The minimum absolute atomic E-state index is 0.104. The van der Waals surface area contributed by atoms with Crippen molar-refractivity contribution in [3.63, 3.8) is 0 Å². The molecule has 1 aromatic heterocycles. The first-order valence-electron chi connectivity index (χ1n) is 8.22. The Hall–Kier alpha value is -2.01. The van der Waals surface area contributed by atoms with E-state index in [-0.39, 0.29) is 11.9 Å².